The summed E-state index contributed by atoms with van der Waals surface area (Å²) in [6.45, 7) is 15.2. The summed E-state index contributed by atoms with van der Waals surface area (Å²) in [5.41, 5.74) is 1.37. The van der Waals surface area contributed by atoms with Crippen molar-refractivity contribution >= 4 is 26.5 Å². The normalized spacial score (nSPS) is 14.1. The van der Waals surface area contributed by atoms with Crippen LogP contribution in [0.4, 0.5) is 0 Å². The molecule has 2 atom stereocenters. The van der Waals surface area contributed by atoms with E-state index in [0.29, 0.717) is 23.3 Å². The van der Waals surface area contributed by atoms with E-state index >= 15 is 0 Å². The summed E-state index contributed by atoms with van der Waals surface area (Å²) in [7, 11) is 2.51. The lowest BCUT2D eigenvalue weighted by molar-refractivity contribution is -0.125. The van der Waals surface area contributed by atoms with Gasteiger partial charge >= 0.3 is 0 Å². The van der Waals surface area contributed by atoms with Gasteiger partial charge in [-0.1, -0.05) is 27.4 Å². The Bertz CT molecular complexity index is 506. The van der Waals surface area contributed by atoms with Crippen molar-refractivity contribution in [1.29, 1.82) is 5.41 Å². The van der Waals surface area contributed by atoms with Crippen LogP contribution in [0.5, 0.6) is 0 Å². The summed E-state index contributed by atoms with van der Waals surface area (Å²) in [4.78, 5) is 24.3. The molecule has 0 spiro atoms. The van der Waals surface area contributed by atoms with E-state index in [2.05, 4.69) is 36.6 Å². The second-order valence-electron chi connectivity index (χ2n) is 7.20. The Hall–Kier alpha value is -1.08. The minimum absolute atomic E-state index is 0.0464. The second-order valence-corrected chi connectivity index (χ2v) is 8.06. The molecule has 0 radical (unpaired) electrons. The molecule has 0 aliphatic carbocycles. The lowest BCUT2D eigenvalue weighted by Gasteiger charge is -2.22. The third kappa shape index (κ3) is 7.26. The molecule has 124 valence electrons. The molecular weight excluding hydrogens is 293 g/mol. The van der Waals surface area contributed by atoms with Gasteiger partial charge in [0.25, 0.3) is 0 Å². The number of carbonyl (C=O) groups excluding carboxylic acids is 2. The maximum atomic E-state index is 12.4. The molecule has 0 aromatic rings. The predicted octanol–water partition coefficient (Wildman–Crippen LogP) is 4.72. The van der Waals surface area contributed by atoms with Crippen molar-refractivity contribution < 1.29 is 9.59 Å². The summed E-state index contributed by atoms with van der Waals surface area (Å²) in [6, 6.07) is 0. The Morgan fingerprint density at radius 3 is 2.00 bits per heavy atom. The first kappa shape index (κ1) is 20.9. The predicted molar refractivity (Wildman–Crippen MR) is 97.4 cm³/mol. The fourth-order valence-electron chi connectivity index (χ4n) is 2.30. The number of rotatable bonds is 8. The van der Waals surface area contributed by atoms with Crippen molar-refractivity contribution in [2.75, 3.05) is 0 Å². The van der Waals surface area contributed by atoms with Crippen LogP contribution in [0.25, 0.3) is 0 Å². The Kier molecular flexibility index (Phi) is 8.11. The second kappa shape index (κ2) is 8.53. The SMILES string of the molecule is C=C(C(=O)CC(CCC(C)(C)C)C(C)=O)/C(C(C)=N)=C(\C)P. The van der Waals surface area contributed by atoms with E-state index in [1.807, 2.05) is 6.92 Å². The lowest BCUT2D eigenvalue weighted by atomic mass is 9.82. The molecule has 0 bridgehead atoms. The van der Waals surface area contributed by atoms with Gasteiger partial charge in [-0.05, 0) is 44.3 Å². The maximum absolute atomic E-state index is 12.4. The quantitative estimate of drug-likeness (QED) is 0.304. The maximum Gasteiger partial charge on any atom is 0.163 e. The third-order valence-electron chi connectivity index (χ3n) is 3.66. The van der Waals surface area contributed by atoms with E-state index in [9.17, 15) is 9.59 Å². The lowest BCUT2D eigenvalue weighted by Crippen LogP contribution is -2.20. The number of carbonyl (C=O) groups is 2. The van der Waals surface area contributed by atoms with E-state index in [-0.39, 0.29) is 29.3 Å². The van der Waals surface area contributed by atoms with Gasteiger partial charge in [0.1, 0.15) is 5.78 Å². The van der Waals surface area contributed by atoms with E-state index < -0.39 is 0 Å². The van der Waals surface area contributed by atoms with Crippen LogP contribution in [-0.4, -0.2) is 17.3 Å². The van der Waals surface area contributed by atoms with Crippen molar-refractivity contribution in [2.45, 2.75) is 60.8 Å². The molecular formula is C18H30NO2P. The Labute approximate surface area is 137 Å². The van der Waals surface area contributed by atoms with Crippen LogP contribution in [0.3, 0.4) is 0 Å². The summed E-state index contributed by atoms with van der Waals surface area (Å²) in [6.07, 6.45) is 1.78. The van der Waals surface area contributed by atoms with Crippen molar-refractivity contribution in [1.82, 2.24) is 0 Å². The number of allylic oxidation sites excluding steroid dienone is 3. The standard InChI is InChI=1S/C18H30NO2P/c1-11(17(12(2)19)14(4)22)16(21)10-15(13(3)20)8-9-18(5,6)7/h15,19H,1,8-10,22H2,2-7H3/b17-14-,19-12?. The van der Waals surface area contributed by atoms with Gasteiger partial charge in [-0.15, -0.1) is 9.24 Å². The molecule has 4 heteroatoms. The summed E-state index contributed by atoms with van der Waals surface area (Å²) in [5.74, 6) is -0.358. The highest BCUT2D eigenvalue weighted by Gasteiger charge is 2.24. The summed E-state index contributed by atoms with van der Waals surface area (Å²) in [5, 5.41) is 8.60. The number of ketones is 2. The molecule has 0 aliphatic rings. The van der Waals surface area contributed by atoms with Crippen LogP contribution in [0.2, 0.25) is 0 Å². The van der Waals surface area contributed by atoms with Crippen molar-refractivity contribution in [3.05, 3.63) is 23.0 Å². The van der Waals surface area contributed by atoms with Crippen molar-refractivity contribution in [2.24, 2.45) is 11.3 Å². The first-order valence-electron chi connectivity index (χ1n) is 7.61. The molecule has 0 aromatic carbocycles. The molecule has 0 aromatic heterocycles. The van der Waals surface area contributed by atoms with Gasteiger partial charge in [0.2, 0.25) is 0 Å². The van der Waals surface area contributed by atoms with Gasteiger partial charge in [0.05, 0.1) is 0 Å². The Balaban J connectivity index is 5.05. The topological polar surface area (TPSA) is 58.0 Å². The fraction of sp³-hybridized carbons (Fsp3) is 0.611. The van der Waals surface area contributed by atoms with Crippen LogP contribution >= 0.6 is 9.24 Å². The molecule has 1 N–H and O–H groups in total. The molecule has 0 rings (SSSR count). The zero-order valence-electron chi connectivity index (χ0n) is 14.8. The molecule has 0 heterocycles. The van der Waals surface area contributed by atoms with Crippen LogP contribution in [0.15, 0.2) is 23.0 Å². The Morgan fingerprint density at radius 1 is 1.18 bits per heavy atom. The molecule has 0 fully saturated rings. The highest BCUT2D eigenvalue weighted by atomic mass is 31.0. The van der Waals surface area contributed by atoms with Gasteiger partial charge in [0, 0.05) is 29.2 Å². The number of hydrogen-bond acceptors (Lipinski definition) is 3. The molecule has 22 heavy (non-hydrogen) atoms. The van der Waals surface area contributed by atoms with E-state index in [1.54, 1.807) is 13.8 Å². The van der Waals surface area contributed by atoms with Crippen LogP contribution in [-0.2, 0) is 9.59 Å². The fourth-order valence-corrected chi connectivity index (χ4v) is 2.69. The van der Waals surface area contributed by atoms with Gasteiger partial charge in [-0.25, -0.2) is 0 Å². The molecule has 0 aliphatic heterocycles. The molecule has 3 nitrogen and oxygen atoms in total. The van der Waals surface area contributed by atoms with Crippen LogP contribution < -0.4 is 0 Å². The van der Waals surface area contributed by atoms with Crippen molar-refractivity contribution in [3.8, 4) is 0 Å². The minimum Gasteiger partial charge on any atom is -0.305 e. The van der Waals surface area contributed by atoms with E-state index in [1.165, 1.54) is 0 Å². The first-order valence-corrected chi connectivity index (χ1v) is 8.19. The summed E-state index contributed by atoms with van der Waals surface area (Å²) >= 11 is 0. The van der Waals surface area contributed by atoms with Gasteiger partial charge in [-0.3, -0.25) is 9.59 Å². The molecule has 0 amide bonds. The molecule has 0 saturated carbocycles. The average Bonchev–Trinajstić information content (AvgIpc) is 2.31. The largest absolute Gasteiger partial charge is 0.305 e. The molecule has 2 unspecified atom stereocenters. The monoisotopic (exact) mass is 323 g/mol. The van der Waals surface area contributed by atoms with Crippen molar-refractivity contribution in [3.63, 3.8) is 0 Å². The Morgan fingerprint density at radius 2 is 1.68 bits per heavy atom. The highest BCUT2D eigenvalue weighted by molar-refractivity contribution is 7.22. The summed E-state index contributed by atoms with van der Waals surface area (Å²) < 4.78 is 0. The molecule has 0 saturated heterocycles. The van der Waals surface area contributed by atoms with Crippen LogP contribution in [0.1, 0.15) is 60.8 Å². The van der Waals surface area contributed by atoms with Gasteiger partial charge in [0.15, 0.2) is 5.78 Å². The smallest absolute Gasteiger partial charge is 0.163 e. The third-order valence-corrected chi connectivity index (χ3v) is 3.95. The van der Waals surface area contributed by atoms with Crippen LogP contribution in [0, 0.1) is 16.7 Å². The first-order chi connectivity index (χ1) is 9.86. The average molecular weight is 323 g/mol. The van der Waals surface area contributed by atoms with E-state index in [0.717, 1.165) is 11.7 Å². The number of nitrogens with one attached hydrogen (secondary N) is 1. The van der Waals surface area contributed by atoms with E-state index in [4.69, 9.17) is 5.41 Å². The van der Waals surface area contributed by atoms with Gasteiger partial charge < -0.3 is 5.41 Å². The minimum atomic E-state index is -0.263. The van der Waals surface area contributed by atoms with Gasteiger partial charge in [-0.2, -0.15) is 0 Å². The number of hydrogen-bond donors (Lipinski definition) is 1. The highest BCUT2D eigenvalue weighted by Crippen LogP contribution is 2.28. The number of Topliss-reactive ketones (excluding diaryl/α,β-unsaturated/α-hetero) is 2. The zero-order valence-corrected chi connectivity index (χ0v) is 16.0. The zero-order chi connectivity index (χ0) is 17.7.